The van der Waals surface area contributed by atoms with E-state index in [2.05, 4.69) is 11.1 Å². The van der Waals surface area contributed by atoms with E-state index in [1.54, 1.807) is 30.4 Å². The fourth-order valence-electron chi connectivity index (χ4n) is 2.11. The topological polar surface area (TPSA) is 59.2 Å². The van der Waals surface area contributed by atoms with Crippen LogP contribution in [0.25, 0.3) is 0 Å². The third kappa shape index (κ3) is 2.96. The van der Waals surface area contributed by atoms with Gasteiger partial charge in [0, 0.05) is 13.2 Å². The molecule has 2 N–H and O–H groups in total. The summed E-state index contributed by atoms with van der Waals surface area (Å²) in [6.45, 7) is 4.04. The number of amides is 1. The second kappa shape index (κ2) is 5.74. The average Bonchev–Trinajstić information content (AvgIpc) is 2.42. The van der Waals surface area contributed by atoms with Gasteiger partial charge in [-0.05, 0) is 31.0 Å². The minimum absolute atomic E-state index is 0.0107. The first kappa shape index (κ1) is 14.1. The maximum absolute atomic E-state index is 12.4. The van der Waals surface area contributed by atoms with E-state index in [-0.39, 0.29) is 5.91 Å². The third-order valence-electron chi connectivity index (χ3n) is 3.41. The van der Waals surface area contributed by atoms with Gasteiger partial charge < -0.3 is 10.6 Å². The van der Waals surface area contributed by atoms with E-state index in [0.29, 0.717) is 17.8 Å². The lowest BCUT2D eigenvalue weighted by molar-refractivity contribution is -0.117. The first-order valence-corrected chi connectivity index (χ1v) is 6.51. The van der Waals surface area contributed by atoms with Gasteiger partial charge in [-0.2, -0.15) is 0 Å². The summed E-state index contributed by atoms with van der Waals surface area (Å²) in [5.41, 5.74) is 10.4. The summed E-state index contributed by atoms with van der Waals surface area (Å²) >= 11 is 0. The predicted octanol–water partition coefficient (Wildman–Crippen LogP) is 2.49. The lowest BCUT2D eigenvalue weighted by Gasteiger charge is -2.19. The fourth-order valence-corrected chi connectivity index (χ4v) is 2.11. The molecule has 0 radical (unpaired) electrons. The summed E-state index contributed by atoms with van der Waals surface area (Å²) in [6.07, 6.45) is 3.55. The number of aromatic nitrogens is 1. The van der Waals surface area contributed by atoms with E-state index in [0.717, 1.165) is 16.7 Å². The van der Waals surface area contributed by atoms with E-state index >= 15 is 0 Å². The van der Waals surface area contributed by atoms with Crippen molar-refractivity contribution in [1.82, 2.24) is 4.98 Å². The Morgan fingerprint density at radius 3 is 2.75 bits per heavy atom. The van der Waals surface area contributed by atoms with Crippen molar-refractivity contribution in [1.29, 1.82) is 0 Å². The lowest BCUT2D eigenvalue weighted by Crippen LogP contribution is -2.28. The number of carbonyl (C=O) groups is 1. The predicted molar refractivity (Wildman–Crippen MR) is 81.7 cm³/mol. The molecule has 4 nitrogen and oxygen atoms in total. The van der Waals surface area contributed by atoms with Crippen LogP contribution in [0.15, 0.2) is 36.7 Å². The highest BCUT2D eigenvalue weighted by molar-refractivity contribution is 5.96. The SMILES string of the molecule is Cc1ccc(C)c(CC(=O)N(C)c2ccncc2N)c1. The molecule has 0 saturated heterocycles. The quantitative estimate of drug-likeness (QED) is 0.931. The molecule has 1 aromatic heterocycles. The van der Waals surface area contributed by atoms with Crippen LogP contribution in [0.5, 0.6) is 0 Å². The minimum atomic E-state index is 0.0107. The first-order valence-electron chi connectivity index (χ1n) is 6.51. The van der Waals surface area contributed by atoms with E-state index in [1.807, 2.05) is 26.0 Å². The standard InChI is InChI=1S/C16H19N3O/c1-11-4-5-12(2)13(8-11)9-16(20)19(3)15-6-7-18-10-14(15)17/h4-8,10H,9,17H2,1-3H3. The molecule has 2 aromatic rings. The molecule has 1 aromatic carbocycles. The van der Waals surface area contributed by atoms with E-state index in [4.69, 9.17) is 5.73 Å². The van der Waals surface area contributed by atoms with Crippen molar-refractivity contribution in [3.05, 3.63) is 53.3 Å². The zero-order valence-corrected chi connectivity index (χ0v) is 12.1. The van der Waals surface area contributed by atoms with Gasteiger partial charge in [-0.15, -0.1) is 0 Å². The zero-order valence-electron chi connectivity index (χ0n) is 12.1. The molecule has 0 bridgehead atoms. The molecule has 1 amide bonds. The molecule has 0 spiro atoms. The molecular formula is C16H19N3O. The molecule has 2 rings (SSSR count). The van der Waals surface area contributed by atoms with Crippen LogP contribution >= 0.6 is 0 Å². The van der Waals surface area contributed by atoms with Gasteiger partial charge in [0.2, 0.25) is 5.91 Å². The molecule has 0 unspecified atom stereocenters. The largest absolute Gasteiger partial charge is 0.396 e. The highest BCUT2D eigenvalue weighted by Gasteiger charge is 2.15. The zero-order chi connectivity index (χ0) is 14.7. The summed E-state index contributed by atoms with van der Waals surface area (Å²) in [7, 11) is 1.74. The van der Waals surface area contributed by atoms with Gasteiger partial charge >= 0.3 is 0 Å². The maximum atomic E-state index is 12.4. The molecule has 0 aliphatic rings. The number of anilines is 2. The molecule has 0 aliphatic carbocycles. The molecule has 20 heavy (non-hydrogen) atoms. The number of hydrogen-bond acceptors (Lipinski definition) is 3. The Balaban J connectivity index is 2.20. The highest BCUT2D eigenvalue weighted by Crippen LogP contribution is 2.21. The number of nitrogens with two attached hydrogens (primary N) is 1. The number of hydrogen-bond donors (Lipinski definition) is 1. The first-order chi connectivity index (χ1) is 9.49. The second-order valence-electron chi connectivity index (χ2n) is 4.99. The normalized spacial score (nSPS) is 10.3. The van der Waals surface area contributed by atoms with Crippen LogP contribution in [-0.2, 0) is 11.2 Å². The molecule has 1 heterocycles. The van der Waals surface area contributed by atoms with Crippen molar-refractivity contribution in [2.24, 2.45) is 0 Å². The van der Waals surface area contributed by atoms with Crippen LogP contribution < -0.4 is 10.6 Å². The van der Waals surface area contributed by atoms with Gasteiger partial charge in [0.05, 0.1) is 24.0 Å². The number of carbonyl (C=O) groups excluding carboxylic acids is 1. The average molecular weight is 269 g/mol. The summed E-state index contributed by atoms with van der Waals surface area (Å²) in [6, 6.07) is 7.89. The Morgan fingerprint density at radius 2 is 2.05 bits per heavy atom. The number of likely N-dealkylation sites (N-methyl/N-ethyl adjacent to an activating group) is 1. The van der Waals surface area contributed by atoms with Crippen LogP contribution in [0.3, 0.4) is 0 Å². The fraction of sp³-hybridized carbons (Fsp3) is 0.250. The van der Waals surface area contributed by atoms with E-state index in [1.165, 1.54) is 0 Å². The van der Waals surface area contributed by atoms with Crippen LogP contribution in [0, 0.1) is 13.8 Å². The van der Waals surface area contributed by atoms with Gasteiger partial charge in [0.1, 0.15) is 0 Å². The van der Waals surface area contributed by atoms with Crippen molar-refractivity contribution < 1.29 is 4.79 Å². The van der Waals surface area contributed by atoms with Crippen LogP contribution in [0.1, 0.15) is 16.7 Å². The van der Waals surface area contributed by atoms with Crippen LogP contribution in [0.2, 0.25) is 0 Å². The van der Waals surface area contributed by atoms with Crippen LogP contribution in [-0.4, -0.2) is 17.9 Å². The molecule has 104 valence electrons. The molecule has 0 aliphatic heterocycles. The molecule has 4 heteroatoms. The van der Waals surface area contributed by atoms with Crippen molar-refractivity contribution in [2.45, 2.75) is 20.3 Å². The Kier molecular flexibility index (Phi) is 4.03. The summed E-state index contributed by atoms with van der Waals surface area (Å²) < 4.78 is 0. The third-order valence-corrected chi connectivity index (χ3v) is 3.41. The summed E-state index contributed by atoms with van der Waals surface area (Å²) in [5, 5.41) is 0. The van der Waals surface area contributed by atoms with Gasteiger partial charge in [0.15, 0.2) is 0 Å². The highest BCUT2D eigenvalue weighted by atomic mass is 16.2. The Hall–Kier alpha value is -2.36. The van der Waals surface area contributed by atoms with Gasteiger partial charge in [-0.3, -0.25) is 9.78 Å². The van der Waals surface area contributed by atoms with Gasteiger partial charge in [-0.25, -0.2) is 0 Å². The smallest absolute Gasteiger partial charge is 0.231 e. The maximum Gasteiger partial charge on any atom is 0.231 e. The van der Waals surface area contributed by atoms with Crippen molar-refractivity contribution >= 4 is 17.3 Å². The molecule has 0 fully saturated rings. The molecule has 0 saturated carbocycles. The molecule has 0 atom stereocenters. The Morgan fingerprint density at radius 1 is 1.30 bits per heavy atom. The monoisotopic (exact) mass is 269 g/mol. The number of pyridine rings is 1. The van der Waals surface area contributed by atoms with Crippen molar-refractivity contribution in [2.75, 3.05) is 17.7 Å². The van der Waals surface area contributed by atoms with Gasteiger partial charge in [-0.1, -0.05) is 23.8 Å². The number of aryl methyl sites for hydroxylation is 2. The number of rotatable bonds is 3. The number of nitrogens with zero attached hydrogens (tertiary/aromatic N) is 2. The Bertz CT molecular complexity index is 637. The minimum Gasteiger partial charge on any atom is -0.396 e. The summed E-state index contributed by atoms with van der Waals surface area (Å²) in [5.74, 6) is 0.0107. The van der Waals surface area contributed by atoms with Crippen molar-refractivity contribution in [3.8, 4) is 0 Å². The number of nitrogen functional groups attached to an aromatic ring is 1. The molecular weight excluding hydrogens is 250 g/mol. The van der Waals surface area contributed by atoms with Crippen molar-refractivity contribution in [3.63, 3.8) is 0 Å². The van der Waals surface area contributed by atoms with E-state index in [9.17, 15) is 4.79 Å². The second-order valence-corrected chi connectivity index (χ2v) is 4.99. The Labute approximate surface area is 119 Å². The van der Waals surface area contributed by atoms with E-state index < -0.39 is 0 Å². The van der Waals surface area contributed by atoms with Gasteiger partial charge in [0.25, 0.3) is 0 Å². The number of benzene rings is 1. The lowest BCUT2D eigenvalue weighted by atomic mass is 10.0. The summed E-state index contributed by atoms with van der Waals surface area (Å²) in [4.78, 5) is 17.9. The van der Waals surface area contributed by atoms with Crippen LogP contribution in [0.4, 0.5) is 11.4 Å².